The van der Waals surface area contributed by atoms with Gasteiger partial charge in [-0.3, -0.25) is 4.79 Å². The van der Waals surface area contributed by atoms with Gasteiger partial charge in [0, 0.05) is 37.1 Å². The molecule has 1 unspecified atom stereocenters. The molecule has 1 atom stereocenters. The summed E-state index contributed by atoms with van der Waals surface area (Å²) in [6.45, 7) is 0.632. The molecule has 0 fully saturated rings. The lowest BCUT2D eigenvalue weighted by Crippen LogP contribution is -2.18. The van der Waals surface area contributed by atoms with Gasteiger partial charge in [0.1, 0.15) is 5.75 Å². The summed E-state index contributed by atoms with van der Waals surface area (Å²) in [5.74, 6) is 0.814. The fraction of sp³-hybridized carbons (Fsp3) is 0.214. The molecular formula is C14H16N2O2. The molecule has 0 bridgehead atoms. The topological polar surface area (TPSA) is 57.2 Å². The van der Waals surface area contributed by atoms with Crippen molar-refractivity contribution in [2.24, 2.45) is 5.73 Å². The van der Waals surface area contributed by atoms with Gasteiger partial charge in [0.15, 0.2) is 5.43 Å². The average molecular weight is 244 g/mol. The van der Waals surface area contributed by atoms with Crippen molar-refractivity contribution in [2.45, 2.75) is 12.6 Å². The van der Waals surface area contributed by atoms with Crippen molar-refractivity contribution in [3.05, 3.63) is 64.6 Å². The third kappa shape index (κ3) is 2.99. The Kier molecular flexibility index (Phi) is 3.79. The van der Waals surface area contributed by atoms with Gasteiger partial charge in [-0.1, -0.05) is 12.1 Å². The fourth-order valence-corrected chi connectivity index (χ4v) is 1.75. The van der Waals surface area contributed by atoms with Crippen LogP contribution >= 0.6 is 0 Å². The Bertz CT molecular complexity index is 540. The summed E-state index contributed by atoms with van der Waals surface area (Å²) in [6, 6.07) is 10.6. The van der Waals surface area contributed by atoms with Gasteiger partial charge in [-0.15, -0.1) is 0 Å². The molecule has 0 aliphatic heterocycles. The van der Waals surface area contributed by atoms with Crippen LogP contribution in [0.2, 0.25) is 0 Å². The molecule has 2 N–H and O–H groups in total. The van der Waals surface area contributed by atoms with Gasteiger partial charge in [0.25, 0.3) is 0 Å². The van der Waals surface area contributed by atoms with Crippen LogP contribution in [-0.4, -0.2) is 11.7 Å². The minimum Gasteiger partial charge on any atom is -0.497 e. The number of hydrogen-bond acceptors (Lipinski definition) is 3. The van der Waals surface area contributed by atoms with Crippen LogP contribution in [0.5, 0.6) is 5.75 Å². The summed E-state index contributed by atoms with van der Waals surface area (Å²) in [7, 11) is 1.63. The van der Waals surface area contributed by atoms with E-state index in [1.165, 1.54) is 12.1 Å². The largest absolute Gasteiger partial charge is 0.497 e. The van der Waals surface area contributed by atoms with Crippen molar-refractivity contribution in [1.29, 1.82) is 0 Å². The molecule has 18 heavy (non-hydrogen) atoms. The molecule has 1 aromatic heterocycles. The zero-order chi connectivity index (χ0) is 13.0. The normalized spacial score (nSPS) is 12.1. The fourth-order valence-electron chi connectivity index (χ4n) is 1.75. The summed E-state index contributed by atoms with van der Waals surface area (Å²) < 4.78 is 7.00. The number of ether oxygens (including phenoxy) is 1. The number of methoxy groups -OCH3 is 1. The quantitative estimate of drug-likeness (QED) is 0.888. The molecule has 0 aliphatic carbocycles. The summed E-state index contributed by atoms with van der Waals surface area (Å²) >= 11 is 0. The maximum absolute atomic E-state index is 11.0. The van der Waals surface area contributed by atoms with E-state index in [2.05, 4.69) is 0 Å². The predicted molar refractivity (Wildman–Crippen MR) is 70.6 cm³/mol. The summed E-state index contributed by atoms with van der Waals surface area (Å²) in [6.07, 6.45) is 3.48. The minimum atomic E-state index is -0.113. The zero-order valence-electron chi connectivity index (χ0n) is 10.2. The van der Waals surface area contributed by atoms with Crippen LogP contribution in [0.25, 0.3) is 0 Å². The van der Waals surface area contributed by atoms with E-state index < -0.39 is 0 Å². The van der Waals surface area contributed by atoms with Gasteiger partial charge < -0.3 is 15.0 Å². The second kappa shape index (κ2) is 5.51. The molecule has 4 heteroatoms. The number of pyridine rings is 1. The van der Waals surface area contributed by atoms with Gasteiger partial charge >= 0.3 is 0 Å². The van der Waals surface area contributed by atoms with Crippen molar-refractivity contribution in [1.82, 2.24) is 4.57 Å². The Morgan fingerprint density at radius 1 is 1.17 bits per heavy atom. The molecule has 0 spiro atoms. The summed E-state index contributed by atoms with van der Waals surface area (Å²) in [5.41, 5.74) is 7.16. The first kappa shape index (κ1) is 12.4. The highest BCUT2D eigenvalue weighted by atomic mass is 16.5. The summed E-state index contributed by atoms with van der Waals surface area (Å²) in [4.78, 5) is 11.0. The highest BCUT2D eigenvalue weighted by molar-refractivity contribution is 5.28. The van der Waals surface area contributed by atoms with E-state index in [-0.39, 0.29) is 11.5 Å². The first-order chi connectivity index (χ1) is 8.69. The average Bonchev–Trinajstić information content (AvgIpc) is 2.41. The Morgan fingerprint density at radius 2 is 1.78 bits per heavy atom. The highest BCUT2D eigenvalue weighted by Gasteiger charge is 2.06. The number of hydrogen-bond donors (Lipinski definition) is 1. The van der Waals surface area contributed by atoms with Gasteiger partial charge in [-0.05, 0) is 17.7 Å². The lowest BCUT2D eigenvalue weighted by Gasteiger charge is -2.14. The number of rotatable bonds is 4. The molecule has 1 aromatic carbocycles. The van der Waals surface area contributed by atoms with Crippen molar-refractivity contribution in [2.75, 3.05) is 7.11 Å². The molecule has 4 nitrogen and oxygen atoms in total. The van der Waals surface area contributed by atoms with Crippen LogP contribution in [0.3, 0.4) is 0 Å². The molecule has 2 aromatic rings. The summed E-state index contributed by atoms with van der Waals surface area (Å²) in [5, 5.41) is 0. The predicted octanol–water partition coefficient (Wildman–Crippen LogP) is 1.56. The first-order valence-corrected chi connectivity index (χ1v) is 5.74. The molecule has 0 saturated carbocycles. The monoisotopic (exact) mass is 244 g/mol. The second-order valence-corrected chi connectivity index (χ2v) is 4.11. The van der Waals surface area contributed by atoms with E-state index in [0.29, 0.717) is 6.54 Å². The molecule has 0 saturated heterocycles. The third-order valence-electron chi connectivity index (χ3n) is 2.81. The van der Waals surface area contributed by atoms with Crippen LogP contribution in [-0.2, 0) is 6.54 Å². The van der Waals surface area contributed by atoms with E-state index >= 15 is 0 Å². The van der Waals surface area contributed by atoms with Gasteiger partial charge in [0.2, 0.25) is 0 Å². The number of benzene rings is 1. The maximum atomic E-state index is 11.0. The van der Waals surface area contributed by atoms with Crippen molar-refractivity contribution in [3.63, 3.8) is 0 Å². The molecule has 94 valence electrons. The SMILES string of the molecule is COc1ccc(C(N)Cn2ccc(=O)cc2)cc1. The number of aromatic nitrogens is 1. The van der Waals surface area contributed by atoms with Crippen molar-refractivity contribution in [3.8, 4) is 5.75 Å². The van der Waals surface area contributed by atoms with Crippen LogP contribution in [0.15, 0.2) is 53.6 Å². The smallest absolute Gasteiger partial charge is 0.181 e. The van der Waals surface area contributed by atoms with E-state index in [4.69, 9.17) is 10.5 Å². The van der Waals surface area contributed by atoms with Gasteiger partial charge in [-0.25, -0.2) is 0 Å². The van der Waals surface area contributed by atoms with Crippen molar-refractivity contribution < 1.29 is 4.74 Å². The third-order valence-corrected chi connectivity index (χ3v) is 2.81. The van der Waals surface area contributed by atoms with Gasteiger partial charge in [0.05, 0.1) is 7.11 Å². The lowest BCUT2D eigenvalue weighted by atomic mass is 10.1. The van der Waals surface area contributed by atoms with Crippen molar-refractivity contribution >= 4 is 0 Å². The van der Waals surface area contributed by atoms with Crippen LogP contribution in [0.1, 0.15) is 11.6 Å². The molecule has 0 amide bonds. The van der Waals surface area contributed by atoms with E-state index in [9.17, 15) is 4.79 Å². The molecule has 1 heterocycles. The number of nitrogens with zero attached hydrogens (tertiary/aromatic N) is 1. The Hall–Kier alpha value is -2.07. The lowest BCUT2D eigenvalue weighted by molar-refractivity contribution is 0.414. The van der Waals surface area contributed by atoms with E-state index in [0.717, 1.165) is 11.3 Å². The number of nitrogens with two attached hydrogens (primary N) is 1. The van der Waals surface area contributed by atoms with Crippen LogP contribution in [0.4, 0.5) is 0 Å². The molecule has 0 radical (unpaired) electrons. The standard InChI is InChI=1S/C14H16N2O2/c1-18-13-4-2-11(3-5-13)14(15)10-16-8-6-12(17)7-9-16/h2-9,14H,10,15H2,1H3. The molecule has 2 rings (SSSR count). The Morgan fingerprint density at radius 3 is 2.33 bits per heavy atom. The zero-order valence-corrected chi connectivity index (χ0v) is 10.2. The van der Waals surface area contributed by atoms with Crippen LogP contribution < -0.4 is 15.9 Å². The molecule has 0 aliphatic rings. The van der Waals surface area contributed by atoms with E-state index in [1.54, 1.807) is 19.5 Å². The second-order valence-electron chi connectivity index (χ2n) is 4.11. The van der Waals surface area contributed by atoms with Gasteiger partial charge in [-0.2, -0.15) is 0 Å². The Balaban J connectivity index is 2.08. The minimum absolute atomic E-state index is 0.00395. The first-order valence-electron chi connectivity index (χ1n) is 5.74. The maximum Gasteiger partial charge on any atom is 0.181 e. The highest BCUT2D eigenvalue weighted by Crippen LogP contribution is 2.17. The molecular weight excluding hydrogens is 228 g/mol. The Labute approximate surface area is 106 Å². The van der Waals surface area contributed by atoms with Crippen LogP contribution in [0, 0.1) is 0 Å². The van der Waals surface area contributed by atoms with E-state index in [1.807, 2.05) is 28.8 Å².